The van der Waals surface area contributed by atoms with Crippen molar-refractivity contribution in [3.8, 4) is 0 Å². The number of rotatable bonds is 9. The third-order valence-electron chi connectivity index (χ3n) is 2.80. The minimum absolute atomic E-state index is 0.588. The Kier molecular flexibility index (Phi) is 7.06. The van der Waals surface area contributed by atoms with Crippen molar-refractivity contribution in [1.29, 1.82) is 0 Å². The van der Waals surface area contributed by atoms with Gasteiger partial charge in [-0.15, -0.1) is 0 Å². The van der Waals surface area contributed by atoms with Gasteiger partial charge in [0.1, 0.15) is 18.1 Å². The Hall–Kier alpha value is -0.800. The molecule has 0 aliphatic rings. The molecule has 0 aliphatic carbocycles. The molecule has 0 saturated carbocycles. The second kappa shape index (κ2) is 8.33. The van der Waals surface area contributed by atoms with Crippen molar-refractivity contribution in [1.82, 2.24) is 5.32 Å². The van der Waals surface area contributed by atoms with Crippen LogP contribution in [0.4, 0.5) is 0 Å². The molecule has 0 spiro atoms. The summed E-state index contributed by atoms with van der Waals surface area (Å²) in [6.45, 7) is 11.9. The van der Waals surface area contributed by atoms with Crippen LogP contribution in [0.15, 0.2) is 10.5 Å². The molecule has 0 unspecified atom stereocenters. The molecule has 104 valence electrons. The first-order valence-electron chi connectivity index (χ1n) is 7.00. The van der Waals surface area contributed by atoms with Gasteiger partial charge in [0.2, 0.25) is 0 Å². The quantitative estimate of drug-likeness (QED) is 0.682. The maximum absolute atomic E-state index is 5.79. The van der Waals surface area contributed by atoms with E-state index >= 15 is 0 Å². The van der Waals surface area contributed by atoms with Crippen LogP contribution < -0.4 is 5.32 Å². The van der Waals surface area contributed by atoms with E-state index in [0.717, 1.165) is 37.6 Å². The lowest BCUT2D eigenvalue weighted by molar-refractivity contribution is 0.102. The highest BCUT2D eigenvalue weighted by Gasteiger charge is 2.07. The van der Waals surface area contributed by atoms with Crippen LogP contribution in [0.3, 0.4) is 0 Å². The van der Waals surface area contributed by atoms with Gasteiger partial charge in [-0.3, -0.25) is 0 Å². The van der Waals surface area contributed by atoms with Crippen molar-refractivity contribution in [3.05, 3.63) is 23.2 Å². The molecular weight excluding hydrogens is 226 g/mol. The summed E-state index contributed by atoms with van der Waals surface area (Å²) in [4.78, 5) is 0. The molecule has 0 atom stereocenters. The summed E-state index contributed by atoms with van der Waals surface area (Å²) >= 11 is 0. The highest BCUT2D eigenvalue weighted by molar-refractivity contribution is 5.19. The van der Waals surface area contributed by atoms with E-state index in [0.29, 0.717) is 12.5 Å². The molecule has 1 N–H and O–H groups in total. The molecule has 1 heterocycles. The van der Waals surface area contributed by atoms with Crippen molar-refractivity contribution in [2.75, 3.05) is 13.2 Å². The molecular formula is C15H27NO2. The molecule has 3 nitrogen and oxygen atoms in total. The van der Waals surface area contributed by atoms with Gasteiger partial charge in [-0.25, -0.2) is 0 Å². The summed E-state index contributed by atoms with van der Waals surface area (Å²) in [7, 11) is 0. The van der Waals surface area contributed by atoms with Gasteiger partial charge in [-0.2, -0.15) is 0 Å². The Morgan fingerprint density at radius 1 is 1.39 bits per heavy atom. The first-order valence-corrected chi connectivity index (χ1v) is 7.00. The number of hydrogen-bond donors (Lipinski definition) is 1. The van der Waals surface area contributed by atoms with Crippen LogP contribution in [0.5, 0.6) is 0 Å². The Bertz CT molecular complexity index is 331. The summed E-state index contributed by atoms with van der Waals surface area (Å²) < 4.78 is 11.3. The Balaban J connectivity index is 2.33. The minimum Gasteiger partial charge on any atom is -0.462 e. The van der Waals surface area contributed by atoms with E-state index in [9.17, 15) is 0 Å². The molecule has 1 rings (SSSR count). The van der Waals surface area contributed by atoms with Crippen molar-refractivity contribution in [3.63, 3.8) is 0 Å². The number of unbranched alkanes of at least 4 members (excludes halogenated alkanes) is 1. The van der Waals surface area contributed by atoms with E-state index in [1.807, 2.05) is 0 Å². The average Bonchev–Trinajstić information content (AvgIpc) is 2.65. The molecule has 18 heavy (non-hydrogen) atoms. The van der Waals surface area contributed by atoms with E-state index in [-0.39, 0.29) is 0 Å². The van der Waals surface area contributed by atoms with E-state index in [1.54, 1.807) is 0 Å². The molecule has 0 saturated heterocycles. The molecule has 0 bridgehead atoms. The van der Waals surface area contributed by atoms with Gasteiger partial charge in [0.05, 0.1) is 6.54 Å². The van der Waals surface area contributed by atoms with Gasteiger partial charge >= 0.3 is 0 Å². The third-order valence-corrected chi connectivity index (χ3v) is 2.80. The fourth-order valence-corrected chi connectivity index (χ4v) is 1.73. The minimum atomic E-state index is 0.588. The van der Waals surface area contributed by atoms with E-state index in [1.165, 1.54) is 12.0 Å². The topological polar surface area (TPSA) is 34.4 Å². The lowest BCUT2D eigenvalue weighted by atomic mass is 10.2. The lowest BCUT2D eigenvalue weighted by Crippen LogP contribution is -2.18. The average molecular weight is 253 g/mol. The fourth-order valence-electron chi connectivity index (χ4n) is 1.73. The molecule has 0 aliphatic heterocycles. The van der Waals surface area contributed by atoms with Crippen LogP contribution in [0, 0.1) is 12.8 Å². The predicted molar refractivity (Wildman–Crippen MR) is 74.6 cm³/mol. The van der Waals surface area contributed by atoms with Crippen LogP contribution in [0.25, 0.3) is 0 Å². The molecule has 3 heteroatoms. The molecule has 1 aromatic heterocycles. The van der Waals surface area contributed by atoms with Gasteiger partial charge in [0, 0.05) is 6.61 Å². The van der Waals surface area contributed by atoms with Crippen molar-refractivity contribution >= 4 is 0 Å². The summed E-state index contributed by atoms with van der Waals surface area (Å²) in [5.41, 5.74) is 1.21. The monoisotopic (exact) mass is 253 g/mol. The molecule has 0 radical (unpaired) electrons. The summed E-state index contributed by atoms with van der Waals surface area (Å²) in [5, 5.41) is 3.40. The lowest BCUT2D eigenvalue weighted by Gasteiger charge is -2.06. The van der Waals surface area contributed by atoms with Crippen LogP contribution in [-0.4, -0.2) is 13.2 Å². The summed E-state index contributed by atoms with van der Waals surface area (Å²) in [6, 6.07) is 2.08. The highest BCUT2D eigenvalue weighted by Crippen LogP contribution is 2.15. The van der Waals surface area contributed by atoms with Crippen molar-refractivity contribution in [2.45, 2.75) is 53.7 Å². The third kappa shape index (κ3) is 5.69. The molecule has 1 aromatic rings. The number of hydrogen-bond acceptors (Lipinski definition) is 3. The van der Waals surface area contributed by atoms with Crippen LogP contribution in [0.2, 0.25) is 0 Å². The number of furan rings is 1. The van der Waals surface area contributed by atoms with Gasteiger partial charge in [-0.05, 0) is 37.4 Å². The Labute approximate surface area is 111 Å². The zero-order valence-electron chi connectivity index (χ0n) is 12.2. The summed E-state index contributed by atoms with van der Waals surface area (Å²) in [6.07, 6.45) is 2.28. The van der Waals surface area contributed by atoms with E-state index in [4.69, 9.17) is 9.15 Å². The van der Waals surface area contributed by atoms with Crippen LogP contribution in [0.1, 0.15) is 50.7 Å². The first-order chi connectivity index (χ1) is 8.63. The predicted octanol–water partition coefficient (Wildman–Crippen LogP) is 3.65. The maximum Gasteiger partial charge on any atom is 0.130 e. The van der Waals surface area contributed by atoms with Crippen LogP contribution >= 0.6 is 0 Å². The normalized spacial score (nSPS) is 11.4. The van der Waals surface area contributed by atoms with Gasteiger partial charge in [0.15, 0.2) is 0 Å². The molecule has 0 amide bonds. The number of ether oxygens (including phenoxy) is 1. The second-order valence-corrected chi connectivity index (χ2v) is 5.25. The maximum atomic E-state index is 5.79. The Morgan fingerprint density at radius 2 is 2.17 bits per heavy atom. The Morgan fingerprint density at radius 3 is 2.83 bits per heavy atom. The standard InChI is InChI=1S/C15H27NO2/c1-5-6-7-17-11-14-8-13(4)15(18-14)10-16-9-12(2)3/h8,12,16H,5-7,9-11H2,1-4H3. The number of aryl methyl sites for hydroxylation is 1. The molecule has 0 fully saturated rings. The highest BCUT2D eigenvalue weighted by atomic mass is 16.5. The van der Waals surface area contributed by atoms with Crippen LogP contribution in [-0.2, 0) is 17.9 Å². The van der Waals surface area contributed by atoms with Gasteiger partial charge in [0.25, 0.3) is 0 Å². The van der Waals surface area contributed by atoms with E-state index < -0.39 is 0 Å². The van der Waals surface area contributed by atoms with Gasteiger partial charge in [-0.1, -0.05) is 27.2 Å². The first kappa shape index (κ1) is 15.3. The van der Waals surface area contributed by atoms with Crippen molar-refractivity contribution < 1.29 is 9.15 Å². The smallest absolute Gasteiger partial charge is 0.130 e. The fraction of sp³-hybridized carbons (Fsp3) is 0.733. The van der Waals surface area contributed by atoms with Crippen molar-refractivity contribution in [2.24, 2.45) is 5.92 Å². The SMILES string of the molecule is CCCCOCc1cc(C)c(CNCC(C)C)o1. The zero-order chi connectivity index (χ0) is 13.4. The second-order valence-electron chi connectivity index (χ2n) is 5.25. The zero-order valence-corrected chi connectivity index (χ0v) is 12.2. The molecule has 0 aromatic carbocycles. The largest absolute Gasteiger partial charge is 0.462 e. The van der Waals surface area contributed by atoms with E-state index in [2.05, 4.69) is 39.1 Å². The van der Waals surface area contributed by atoms with Gasteiger partial charge < -0.3 is 14.5 Å². The summed E-state index contributed by atoms with van der Waals surface area (Å²) in [5.74, 6) is 2.63. The number of nitrogens with one attached hydrogen (secondary N) is 1.